The smallest absolute Gasteiger partial charge is 0.191 e. The van der Waals surface area contributed by atoms with Crippen LogP contribution in [0.2, 0.25) is 0 Å². The highest BCUT2D eigenvalue weighted by molar-refractivity contribution is 14.0. The molecule has 0 aliphatic carbocycles. The van der Waals surface area contributed by atoms with Crippen LogP contribution in [0.5, 0.6) is 0 Å². The molecule has 0 amide bonds. The van der Waals surface area contributed by atoms with Gasteiger partial charge in [-0.25, -0.2) is 8.42 Å². The van der Waals surface area contributed by atoms with Gasteiger partial charge in [0.1, 0.15) is 15.6 Å². The van der Waals surface area contributed by atoms with Crippen molar-refractivity contribution in [3.8, 4) is 0 Å². The van der Waals surface area contributed by atoms with E-state index in [2.05, 4.69) is 20.5 Å². The molecular weight excluding hydrogens is 507 g/mol. The van der Waals surface area contributed by atoms with Crippen LogP contribution in [0.4, 0.5) is 0 Å². The van der Waals surface area contributed by atoms with Crippen LogP contribution in [0.15, 0.2) is 27.8 Å². The molecular formula is C19H35IN4O4S. The average molecular weight is 542 g/mol. The summed E-state index contributed by atoms with van der Waals surface area (Å²) in [6.07, 6.45) is 5.22. The van der Waals surface area contributed by atoms with Crippen molar-refractivity contribution in [2.75, 3.05) is 57.9 Å². The van der Waals surface area contributed by atoms with Gasteiger partial charge in [0.25, 0.3) is 0 Å². The van der Waals surface area contributed by atoms with Gasteiger partial charge in [-0.3, -0.25) is 9.89 Å². The summed E-state index contributed by atoms with van der Waals surface area (Å²) in [6, 6.07) is 3.84. The lowest BCUT2D eigenvalue weighted by molar-refractivity contribution is 0.0377. The molecule has 1 aromatic rings. The summed E-state index contributed by atoms with van der Waals surface area (Å²) in [5, 5.41) is 6.64. The fourth-order valence-corrected chi connectivity index (χ4v) is 3.70. The van der Waals surface area contributed by atoms with Gasteiger partial charge in [0.2, 0.25) is 0 Å². The van der Waals surface area contributed by atoms with Crippen molar-refractivity contribution >= 4 is 39.8 Å². The number of ether oxygens (including phenoxy) is 1. The van der Waals surface area contributed by atoms with Crippen molar-refractivity contribution in [2.45, 2.75) is 32.2 Å². The van der Waals surface area contributed by atoms with E-state index in [1.807, 2.05) is 19.1 Å². The van der Waals surface area contributed by atoms with Gasteiger partial charge in [-0.15, -0.1) is 24.0 Å². The minimum Gasteiger partial charge on any atom is -0.469 e. The van der Waals surface area contributed by atoms with Crippen LogP contribution in [-0.2, 0) is 21.0 Å². The first-order valence-corrected chi connectivity index (χ1v) is 12.0. The van der Waals surface area contributed by atoms with Gasteiger partial charge in [0.15, 0.2) is 5.96 Å². The summed E-state index contributed by atoms with van der Waals surface area (Å²) >= 11 is 0. The van der Waals surface area contributed by atoms with E-state index in [-0.39, 0.29) is 35.8 Å². The number of hydrogen-bond donors (Lipinski definition) is 2. The largest absolute Gasteiger partial charge is 0.469 e. The fourth-order valence-electron chi connectivity index (χ4n) is 2.92. The predicted octanol–water partition coefficient (Wildman–Crippen LogP) is 1.52. The molecule has 1 saturated heterocycles. The van der Waals surface area contributed by atoms with Crippen LogP contribution in [0.3, 0.4) is 0 Å². The van der Waals surface area contributed by atoms with E-state index in [4.69, 9.17) is 9.15 Å². The summed E-state index contributed by atoms with van der Waals surface area (Å²) in [4.78, 5) is 7.06. The Morgan fingerprint density at radius 1 is 1.34 bits per heavy atom. The Kier molecular flexibility index (Phi) is 12.8. The molecule has 1 aromatic heterocycles. The van der Waals surface area contributed by atoms with Crippen LogP contribution in [0.25, 0.3) is 0 Å². The quantitative estimate of drug-likeness (QED) is 0.190. The molecule has 1 atom stereocenters. The van der Waals surface area contributed by atoms with E-state index in [0.717, 1.165) is 57.4 Å². The molecule has 29 heavy (non-hydrogen) atoms. The Morgan fingerprint density at radius 2 is 2.10 bits per heavy atom. The third kappa shape index (κ3) is 12.4. The maximum absolute atomic E-state index is 11.4. The Bertz CT molecular complexity index is 676. The van der Waals surface area contributed by atoms with E-state index in [1.165, 1.54) is 6.26 Å². The highest BCUT2D eigenvalue weighted by atomic mass is 127. The molecule has 2 rings (SSSR count). The van der Waals surface area contributed by atoms with Gasteiger partial charge >= 0.3 is 0 Å². The van der Waals surface area contributed by atoms with E-state index in [1.54, 1.807) is 6.26 Å². The zero-order valence-electron chi connectivity index (χ0n) is 17.4. The number of guanidine groups is 1. The van der Waals surface area contributed by atoms with E-state index < -0.39 is 9.84 Å². The third-order valence-electron chi connectivity index (χ3n) is 4.55. The molecule has 0 radical (unpaired) electrons. The number of halogens is 1. The maximum Gasteiger partial charge on any atom is 0.191 e. The van der Waals surface area contributed by atoms with E-state index in [9.17, 15) is 8.42 Å². The first-order chi connectivity index (χ1) is 13.4. The number of nitrogens with one attached hydrogen (secondary N) is 2. The van der Waals surface area contributed by atoms with Crippen molar-refractivity contribution in [1.29, 1.82) is 0 Å². The SMILES string of the molecule is CC(CCS(C)(=O)=O)NC(=NCCCN1CCOCC1)NCCc1ccco1.I. The number of nitrogens with zero attached hydrogens (tertiary/aromatic N) is 2. The minimum absolute atomic E-state index is 0. The van der Waals surface area contributed by atoms with Gasteiger partial charge in [0, 0.05) is 51.4 Å². The molecule has 1 fully saturated rings. The third-order valence-corrected chi connectivity index (χ3v) is 5.53. The monoisotopic (exact) mass is 542 g/mol. The molecule has 1 aliphatic rings. The topological polar surface area (TPSA) is 96.2 Å². The van der Waals surface area contributed by atoms with Crippen LogP contribution in [0, 0.1) is 0 Å². The number of furan rings is 1. The second-order valence-corrected chi connectivity index (χ2v) is 9.52. The number of aliphatic imine (C=N–C) groups is 1. The first kappa shape index (κ1) is 26.2. The second kappa shape index (κ2) is 14.2. The summed E-state index contributed by atoms with van der Waals surface area (Å²) in [6.45, 7) is 7.98. The molecule has 2 heterocycles. The predicted molar refractivity (Wildman–Crippen MR) is 127 cm³/mol. The molecule has 0 spiro atoms. The van der Waals surface area contributed by atoms with Crippen molar-refractivity contribution in [3.05, 3.63) is 24.2 Å². The van der Waals surface area contributed by atoms with Crippen LogP contribution in [-0.4, -0.2) is 83.3 Å². The number of hydrogen-bond acceptors (Lipinski definition) is 6. The lowest BCUT2D eigenvalue weighted by Crippen LogP contribution is -2.43. The summed E-state index contributed by atoms with van der Waals surface area (Å²) in [5.41, 5.74) is 0. The van der Waals surface area contributed by atoms with Gasteiger partial charge in [0.05, 0.1) is 25.2 Å². The van der Waals surface area contributed by atoms with Crippen molar-refractivity contribution in [1.82, 2.24) is 15.5 Å². The van der Waals surface area contributed by atoms with Gasteiger partial charge in [-0.1, -0.05) is 0 Å². The minimum atomic E-state index is -2.96. The van der Waals surface area contributed by atoms with E-state index >= 15 is 0 Å². The Labute approximate surface area is 191 Å². The lowest BCUT2D eigenvalue weighted by atomic mass is 10.2. The molecule has 2 N–H and O–H groups in total. The average Bonchev–Trinajstić information content (AvgIpc) is 3.17. The van der Waals surface area contributed by atoms with Gasteiger partial charge < -0.3 is 19.8 Å². The Hall–Kier alpha value is -0.850. The zero-order chi connectivity index (χ0) is 20.2. The highest BCUT2D eigenvalue weighted by Gasteiger charge is 2.11. The molecule has 168 valence electrons. The molecule has 8 nitrogen and oxygen atoms in total. The molecule has 0 aromatic carbocycles. The number of sulfone groups is 1. The summed E-state index contributed by atoms with van der Waals surface area (Å²) < 4.78 is 33.5. The highest BCUT2D eigenvalue weighted by Crippen LogP contribution is 2.01. The maximum atomic E-state index is 11.4. The van der Waals surface area contributed by atoms with Crippen molar-refractivity contribution < 1.29 is 17.6 Å². The fraction of sp³-hybridized carbons (Fsp3) is 0.737. The Morgan fingerprint density at radius 3 is 2.76 bits per heavy atom. The van der Waals surface area contributed by atoms with Crippen molar-refractivity contribution in [2.24, 2.45) is 4.99 Å². The first-order valence-electron chi connectivity index (χ1n) is 9.97. The zero-order valence-corrected chi connectivity index (χ0v) is 20.6. The Balaban J connectivity index is 0.00000420. The van der Waals surface area contributed by atoms with Crippen LogP contribution in [0.1, 0.15) is 25.5 Å². The molecule has 1 unspecified atom stereocenters. The van der Waals surface area contributed by atoms with Gasteiger partial charge in [-0.05, 0) is 31.9 Å². The van der Waals surface area contributed by atoms with Crippen LogP contribution < -0.4 is 10.6 Å². The molecule has 10 heteroatoms. The van der Waals surface area contributed by atoms with Crippen LogP contribution >= 0.6 is 24.0 Å². The van der Waals surface area contributed by atoms with Gasteiger partial charge in [-0.2, -0.15) is 0 Å². The number of rotatable bonds is 11. The lowest BCUT2D eigenvalue weighted by Gasteiger charge is -2.26. The molecule has 0 saturated carbocycles. The van der Waals surface area contributed by atoms with E-state index in [0.29, 0.717) is 19.5 Å². The number of morpholine rings is 1. The molecule has 0 bridgehead atoms. The summed E-state index contributed by atoms with van der Waals surface area (Å²) in [7, 11) is -2.96. The standard InChI is InChI=1S/C19H34N4O4S.HI/c1-17(7-16-28(2,24)25)22-19(21-9-6-18-5-3-13-27-18)20-8-4-10-23-11-14-26-15-12-23;/h3,5,13,17H,4,6-12,14-16H2,1-2H3,(H2,20,21,22);1H. The summed E-state index contributed by atoms with van der Waals surface area (Å²) in [5.74, 6) is 1.80. The second-order valence-electron chi connectivity index (χ2n) is 7.26. The van der Waals surface area contributed by atoms with Crippen molar-refractivity contribution in [3.63, 3.8) is 0 Å². The molecule has 1 aliphatic heterocycles. The normalized spacial score (nSPS) is 16.8.